The van der Waals surface area contributed by atoms with E-state index in [9.17, 15) is 5.11 Å². The summed E-state index contributed by atoms with van der Waals surface area (Å²) < 4.78 is 0. The zero-order chi connectivity index (χ0) is 15.5. The summed E-state index contributed by atoms with van der Waals surface area (Å²) in [7, 11) is 0. The molecule has 0 aromatic heterocycles. The fourth-order valence-corrected chi connectivity index (χ4v) is 7.95. The Kier molecular flexibility index (Phi) is 3.73. The van der Waals surface area contributed by atoms with Gasteiger partial charge in [-0.05, 0) is 104 Å². The first-order chi connectivity index (χ1) is 10.5. The van der Waals surface area contributed by atoms with E-state index < -0.39 is 0 Å². The first-order valence-corrected chi connectivity index (χ1v) is 10.1. The number of hydrogen-bond acceptors (Lipinski definition) is 2. The Morgan fingerprint density at radius 1 is 0.909 bits per heavy atom. The van der Waals surface area contributed by atoms with Crippen LogP contribution in [0.25, 0.3) is 0 Å². The number of hydrogen-bond donors (Lipinski definition) is 1. The van der Waals surface area contributed by atoms with Crippen molar-refractivity contribution in [1.82, 2.24) is 0 Å². The summed E-state index contributed by atoms with van der Waals surface area (Å²) in [6.07, 6.45) is 11.7. The Morgan fingerprint density at radius 2 is 1.64 bits per heavy atom. The van der Waals surface area contributed by atoms with Crippen molar-refractivity contribution in [1.29, 1.82) is 0 Å². The second kappa shape index (κ2) is 5.28. The predicted octanol–water partition coefficient (Wildman–Crippen LogP) is 5.01. The molecule has 0 unspecified atom stereocenters. The molecule has 4 aliphatic carbocycles. The molecule has 0 aliphatic heterocycles. The molecule has 0 aromatic rings. The molecule has 4 aliphatic rings. The van der Waals surface area contributed by atoms with Crippen LogP contribution in [0.4, 0.5) is 0 Å². The molecule has 4 saturated carbocycles. The zero-order valence-corrected chi connectivity index (χ0v) is 15.1. The van der Waals surface area contributed by atoms with Crippen molar-refractivity contribution < 1.29 is 5.11 Å². The highest BCUT2D eigenvalue weighted by Gasteiger charge is 2.59. The molecule has 8 atom stereocenters. The van der Waals surface area contributed by atoms with E-state index in [2.05, 4.69) is 19.2 Å². The molecule has 4 rings (SSSR count). The van der Waals surface area contributed by atoms with Crippen molar-refractivity contribution in [3.8, 4) is 0 Å². The van der Waals surface area contributed by atoms with Crippen LogP contribution in [0.2, 0.25) is 0 Å². The maximum Gasteiger partial charge on any atom is 0.0543 e. The Morgan fingerprint density at radius 3 is 2.41 bits per heavy atom. The van der Waals surface area contributed by atoms with Crippen LogP contribution in [0, 0.1) is 40.4 Å². The van der Waals surface area contributed by atoms with Gasteiger partial charge in [-0.1, -0.05) is 26.1 Å². The molecule has 0 aromatic carbocycles. The average Bonchev–Trinajstić information content (AvgIpc) is 2.84. The molecule has 0 amide bonds. The minimum absolute atomic E-state index is 0.0193. The topological polar surface area (TPSA) is 20.2 Å². The minimum Gasteiger partial charge on any atom is -0.393 e. The van der Waals surface area contributed by atoms with Gasteiger partial charge < -0.3 is 5.11 Å². The Labute approximate surface area is 141 Å². The highest BCUT2D eigenvalue weighted by atomic mass is 32.1. The van der Waals surface area contributed by atoms with Gasteiger partial charge in [0.05, 0.1) is 6.10 Å². The molecule has 1 nitrogen and oxygen atoms in total. The predicted molar refractivity (Wildman–Crippen MR) is 94.9 cm³/mol. The van der Waals surface area contributed by atoms with E-state index in [0.717, 1.165) is 36.5 Å². The number of rotatable bonds is 1. The van der Waals surface area contributed by atoms with Gasteiger partial charge in [0.15, 0.2) is 0 Å². The number of aliphatic hydroxyl groups is 1. The maximum absolute atomic E-state index is 10.1. The van der Waals surface area contributed by atoms with Gasteiger partial charge in [0.1, 0.15) is 0 Å². The summed E-state index contributed by atoms with van der Waals surface area (Å²) in [5.74, 6) is 4.24. The average molecular weight is 321 g/mol. The summed E-state index contributed by atoms with van der Waals surface area (Å²) in [6, 6.07) is 0. The Bertz CT molecular complexity index is 463. The standard InChI is InChI=1S/C20H32OS/c1-19-9-7-15(21)11-13(19)3-5-16-17-6-4-14(12-22)20(17,2)10-8-18(16)19/h12-18,21H,3-11H2,1-2H3/t13-,14+,15+,16-,17-,18-,19-,20+/m0/s1. The van der Waals surface area contributed by atoms with E-state index in [1.165, 1.54) is 44.9 Å². The van der Waals surface area contributed by atoms with Crippen molar-refractivity contribution in [3.63, 3.8) is 0 Å². The maximum atomic E-state index is 10.1. The van der Waals surface area contributed by atoms with Crippen molar-refractivity contribution in [2.75, 3.05) is 0 Å². The first kappa shape index (κ1) is 15.6. The summed E-state index contributed by atoms with van der Waals surface area (Å²) in [6.45, 7) is 5.13. The molecule has 4 fully saturated rings. The van der Waals surface area contributed by atoms with Gasteiger partial charge in [-0.15, -0.1) is 0 Å². The molecular weight excluding hydrogens is 288 g/mol. The van der Waals surface area contributed by atoms with E-state index in [4.69, 9.17) is 12.2 Å². The van der Waals surface area contributed by atoms with Crippen molar-refractivity contribution in [3.05, 3.63) is 0 Å². The summed E-state index contributed by atoms with van der Waals surface area (Å²) in [4.78, 5) is 0. The number of fused-ring (bicyclic) bond motifs is 5. The van der Waals surface area contributed by atoms with E-state index in [1.807, 2.05) is 0 Å². The van der Waals surface area contributed by atoms with Crippen LogP contribution in [-0.2, 0) is 0 Å². The largest absolute Gasteiger partial charge is 0.393 e. The van der Waals surface area contributed by atoms with Crippen LogP contribution in [0.1, 0.15) is 71.6 Å². The van der Waals surface area contributed by atoms with E-state index in [0.29, 0.717) is 16.7 Å². The van der Waals surface area contributed by atoms with Gasteiger partial charge in [0.25, 0.3) is 0 Å². The van der Waals surface area contributed by atoms with E-state index >= 15 is 0 Å². The number of aliphatic hydroxyl groups excluding tert-OH is 1. The van der Waals surface area contributed by atoms with Crippen LogP contribution in [0.3, 0.4) is 0 Å². The molecule has 0 heterocycles. The second-order valence-corrected chi connectivity index (χ2v) is 9.72. The first-order valence-electron chi connectivity index (χ1n) is 9.62. The third kappa shape index (κ3) is 2.02. The lowest BCUT2D eigenvalue weighted by Gasteiger charge is -2.60. The van der Waals surface area contributed by atoms with Crippen LogP contribution in [-0.4, -0.2) is 16.6 Å². The zero-order valence-electron chi connectivity index (χ0n) is 14.3. The van der Waals surface area contributed by atoms with E-state index in [1.54, 1.807) is 0 Å². The van der Waals surface area contributed by atoms with Gasteiger partial charge in [0.2, 0.25) is 0 Å². The van der Waals surface area contributed by atoms with Crippen LogP contribution >= 0.6 is 12.2 Å². The van der Waals surface area contributed by atoms with Gasteiger partial charge >= 0.3 is 0 Å². The SMILES string of the molecule is C[C@]12CC[C@@H](O)C[C@@H]1CC[C@@H]1[C@@H]2CC[C@]2(C)[C@@H](C=S)CC[C@@H]12. The molecule has 1 N–H and O–H groups in total. The van der Waals surface area contributed by atoms with Gasteiger partial charge in [0, 0.05) is 0 Å². The van der Waals surface area contributed by atoms with Crippen LogP contribution in [0.15, 0.2) is 0 Å². The van der Waals surface area contributed by atoms with Crippen molar-refractivity contribution in [2.24, 2.45) is 40.4 Å². The van der Waals surface area contributed by atoms with Crippen molar-refractivity contribution >= 4 is 17.6 Å². The normalized spacial score (nSPS) is 57.6. The molecule has 0 radical (unpaired) electrons. The lowest BCUT2D eigenvalue weighted by molar-refractivity contribution is -0.123. The summed E-state index contributed by atoms with van der Waals surface area (Å²) in [5.41, 5.74) is 1.01. The molecule has 0 spiro atoms. The molecule has 0 bridgehead atoms. The fraction of sp³-hybridized carbons (Fsp3) is 0.950. The van der Waals surface area contributed by atoms with Gasteiger partial charge in [-0.25, -0.2) is 0 Å². The Balaban J connectivity index is 1.62. The Hall–Kier alpha value is 0.0500. The monoisotopic (exact) mass is 320 g/mol. The summed E-state index contributed by atoms with van der Waals surface area (Å²) in [5, 5.41) is 12.2. The third-order valence-electron chi connectivity index (χ3n) is 8.88. The third-order valence-corrected chi connectivity index (χ3v) is 9.20. The molecule has 22 heavy (non-hydrogen) atoms. The van der Waals surface area contributed by atoms with Gasteiger partial charge in [-0.3, -0.25) is 0 Å². The fourth-order valence-electron chi connectivity index (χ4n) is 7.50. The molecule has 2 heteroatoms. The molecule has 124 valence electrons. The van der Waals surface area contributed by atoms with Gasteiger partial charge in [-0.2, -0.15) is 0 Å². The lowest BCUT2D eigenvalue weighted by atomic mass is 9.45. The highest BCUT2D eigenvalue weighted by Crippen LogP contribution is 2.67. The molecular formula is C20H32OS. The lowest BCUT2D eigenvalue weighted by Crippen LogP contribution is -2.53. The quantitative estimate of drug-likeness (QED) is 0.686. The van der Waals surface area contributed by atoms with Crippen molar-refractivity contribution in [2.45, 2.75) is 77.7 Å². The second-order valence-electron chi connectivity index (χ2n) is 9.45. The summed E-state index contributed by atoms with van der Waals surface area (Å²) >= 11 is 5.37. The molecule has 0 saturated heterocycles. The smallest absolute Gasteiger partial charge is 0.0543 e. The van der Waals surface area contributed by atoms with Crippen LogP contribution < -0.4 is 0 Å². The highest BCUT2D eigenvalue weighted by molar-refractivity contribution is 7.79. The van der Waals surface area contributed by atoms with Crippen LogP contribution in [0.5, 0.6) is 0 Å². The minimum atomic E-state index is -0.0193. The van der Waals surface area contributed by atoms with E-state index in [-0.39, 0.29) is 6.10 Å². The number of thiocarbonyl (C=S) groups is 1.